The van der Waals surface area contributed by atoms with Crippen LogP contribution in [0.5, 0.6) is 0 Å². The molecule has 0 amide bonds. The van der Waals surface area contributed by atoms with Gasteiger partial charge in [-0.3, -0.25) is 0 Å². The zero-order valence-corrected chi connectivity index (χ0v) is 9.92. The minimum Gasteiger partial charge on any atom is -0.205 e. The molecule has 3 heteroatoms. The Kier molecular flexibility index (Phi) is 3.12. The highest BCUT2D eigenvalue weighted by molar-refractivity contribution is 6.30. The van der Waals surface area contributed by atoms with Crippen LogP contribution in [0.25, 0.3) is 11.1 Å². The lowest BCUT2D eigenvalue weighted by Gasteiger charge is -2.07. The van der Waals surface area contributed by atoms with Gasteiger partial charge in [0.15, 0.2) is 0 Å². The maximum absolute atomic E-state index is 13.4. The summed E-state index contributed by atoms with van der Waals surface area (Å²) in [5.74, 6) is -0.453. The summed E-state index contributed by atoms with van der Waals surface area (Å²) < 4.78 is 13.4. The molecule has 0 aliphatic rings. The first kappa shape index (κ1) is 11.6. The van der Waals surface area contributed by atoms with Crippen LogP contribution in [0, 0.1) is 24.1 Å². The Hall–Kier alpha value is -1.85. The van der Waals surface area contributed by atoms with E-state index < -0.39 is 5.82 Å². The van der Waals surface area contributed by atoms with Gasteiger partial charge in [0.25, 0.3) is 0 Å². The molecule has 0 heterocycles. The molecule has 0 aromatic heterocycles. The summed E-state index contributed by atoms with van der Waals surface area (Å²) in [5, 5.41) is 8.95. The van der Waals surface area contributed by atoms with Gasteiger partial charge in [-0.05, 0) is 47.9 Å². The lowest BCUT2D eigenvalue weighted by Crippen LogP contribution is -1.87. The van der Waals surface area contributed by atoms with E-state index in [1.54, 1.807) is 18.2 Å². The molecule has 2 rings (SSSR count). The number of aryl methyl sites for hydroxylation is 1. The Bertz CT molecular complexity index is 614. The number of benzene rings is 2. The van der Waals surface area contributed by atoms with Gasteiger partial charge in [-0.2, -0.15) is 5.26 Å². The molecule has 0 atom stereocenters. The lowest BCUT2D eigenvalue weighted by molar-refractivity contribution is 0.629. The molecule has 0 aliphatic heterocycles. The first-order valence-corrected chi connectivity index (χ1v) is 5.46. The Morgan fingerprint density at radius 3 is 2.59 bits per heavy atom. The average Bonchev–Trinajstić information content (AvgIpc) is 2.33. The summed E-state index contributed by atoms with van der Waals surface area (Å²) in [5.41, 5.74) is 3.12. The van der Waals surface area contributed by atoms with Crippen LogP contribution >= 0.6 is 11.6 Å². The van der Waals surface area contributed by atoms with Gasteiger partial charge in [0.05, 0.1) is 16.7 Å². The van der Waals surface area contributed by atoms with E-state index in [0.29, 0.717) is 5.56 Å². The molecule has 0 bridgehead atoms. The van der Waals surface area contributed by atoms with E-state index in [2.05, 4.69) is 6.07 Å². The molecule has 0 saturated heterocycles. The van der Waals surface area contributed by atoms with Gasteiger partial charge in [-0.25, -0.2) is 4.39 Å². The van der Waals surface area contributed by atoms with Gasteiger partial charge in [0.2, 0.25) is 0 Å². The van der Waals surface area contributed by atoms with Crippen molar-refractivity contribution in [3.05, 3.63) is 58.4 Å². The van der Waals surface area contributed by atoms with E-state index in [0.717, 1.165) is 16.7 Å². The number of rotatable bonds is 1. The van der Waals surface area contributed by atoms with Gasteiger partial charge < -0.3 is 0 Å². The Labute approximate surface area is 104 Å². The van der Waals surface area contributed by atoms with Crippen molar-refractivity contribution in [1.29, 1.82) is 5.26 Å². The van der Waals surface area contributed by atoms with Crippen molar-refractivity contribution in [2.45, 2.75) is 6.92 Å². The normalized spacial score (nSPS) is 10.0. The van der Waals surface area contributed by atoms with Crippen LogP contribution in [0.4, 0.5) is 4.39 Å². The van der Waals surface area contributed by atoms with Crippen LogP contribution in [0.1, 0.15) is 11.1 Å². The van der Waals surface area contributed by atoms with Crippen molar-refractivity contribution in [3.63, 3.8) is 0 Å². The maximum Gasteiger partial charge on any atom is 0.142 e. The monoisotopic (exact) mass is 245 g/mol. The molecule has 84 valence electrons. The molecular weight excluding hydrogens is 237 g/mol. The third-order valence-corrected chi connectivity index (χ3v) is 2.90. The highest BCUT2D eigenvalue weighted by Crippen LogP contribution is 2.27. The fraction of sp³-hybridized carbons (Fsp3) is 0.0714. The molecule has 0 unspecified atom stereocenters. The van der Waals surface area contributed by atoms with E-state index >= 15 is 0 Å². The first-order chi connectivity index (χ1) is 8.11. The summed E-state index contributed by atoms with van der Waals surface area (Å²) in [4.78, 5) is 0. The van der Waals surface area contributed by atoms with Gasteiger partial charge in [-0.15, -0.1) is 0 Å². The second kappa shape index (κ2) is 4.57. The third kappa shape index (κ3) is 2.30. The Balaban J connectivity index is 2.60. The minimum absolute atomic E-state index is 0.0999. The van der Waals surface area contributed by atoms with Crippen molar-refractivity contribution in [1.82, 2.24) is 0 Å². The third-order valence-electron chi connectivity index (χ3n) is 2.60. The van der Waals surface area contributed by atoms with Gasteiger partial charge >= 0.3 is 0 Å². The largest absolute Gasteiger partial charge is 0.205 e. The molecule has 1 nitrogen and oxygen atoms in total. The van der Waals surface area contributed by atoms with E-state index in [9.17, 15) is 4.39 Å². The van der Waals surface area contributed by atoms with Crippen molar-refractivity contribution in [3.8, 4) is 17.2 Å². The fourth-order valence-electron chi connectivity index (χ4n) is 1.67. The molecular formula is C14H9ClFN. The highest BCUT2D eigenvalue weighted by Gasteiger charge is 2.06. The van der Waals surface area contributed by atoms with E-state index in [1.807, 2.05) is 13.0 Å². The van der Waals surface area contributed by atoms with Gasteiger partial charge in [0.1, 0.15) is 5.82 Å². The zero-order valence-electron chi connectivity index (χ0n) is 9.17. The summed E-state index contributed by atoms with van der Waals surface area (Å²) in [6.45, 7) is 1.92. The molecule has 2 aromatic carbocycles. The summed E-state index contributed by atoms with van der Waals surface area (Å²) in [6.07, 6.45) is 0. The SMILES string of the molecule is Cc1ccc(C#N)cc1-c1ccc(Cl)c(F)c1. The van der Waals surface area contributed by atoms with Crippen molar-refractivity contribution < 1.29 is 4.39 Å². The summed E-state index contributed by atoms with van der Waals surface area (Å²) >= 11 is 5.64. The van der Waals surface area contributed by atoms with Crippen LogP contribution in [0.2, 0.25) is 5.02 Å². The fourth-order valence-corrected chi connectivity index (χ4v) is 1.78. The standard InChI is InChI=1S/C14H9ClFN/c1-9-2-3-10(8-17)6-12(9)11-4-5-13(15)14(16)7-11/h2-7H,1H3. The second-order valence-corrected chi connectivity index (χ2v) is 4.18. The lowest BCUT2D eigenvalue weighted by atomic mass is 9.98. The second-order valence-electron chi connectivity index (χ2n) is 3.77. The molecule has 17 heavy (non-hydrogen) atoms. The molecule has 0 saturated carbocycles. The number of nitrogens with zero attached hydrogens (tertiary/aromatic N) is 1. The van der Waals surface area contributed by atoms with Gasteiger partial charge in [-0.1, -0.05) is 23.7 Å². The molecule has 0 spiro atoms. The van der Waals surface area contributed by atoms with Crippen molar-refractivity contribution >= 4 is 11.6 Å². The predicted octanol–water partition coefficient (Wildman–Crippen LogP) is 4.33. The smallest absolute Gasteiger partial charge is 0.142 e. The van der Waals surface area contributed by atoms with E-state index in [4.69, 9.17) is 16.9 Å². The maximum atomic E-state index is 13.4. The molecule has 0 N–H and O–H groups in total. The van der Waals surface area contributed by atoms with Crippen molar-refractivity contribution in [2.24, 2.45) is 0 Å². The number of halogens is 2. The zero-order chi connectivity index (χ0) is 12.4. The number of hydrogen-bond acceptors (Lipinski definition) is 1. The number of hydrogen-bond donors (Lipinski definition) is 0. The van der Waals surface area contributed by atoms with E-state index in [-0.39, 0.29) is 5.02 Å². The van der Waals surface area contributed by atoms with Crippen LogP contribution in [-0.2, 0) is 0 Å². The summed E-state index contributed by atoms with van der Waals surface area (Å²) in [6, 6.07) is 12.1. The van der Waals surface area contributed by atoms with Crippen LogP contribution in [-0.4, -0.2) is 0 Å². The number of nitriles is 1. The Morgan fingerprint density at radius 1 is 1.18 bits per heavy atom. The first-order valence-electron chi connectivity index (χ1n) is 5.08. The van der Waals surface area contributed by atoms with Crippen LogP contribution in [0.3, 0.4) is 0 Å². The molecule has 0 fully saturated rings. The topological polar surface area (TPSA) is 23.8 Å². The quantitative estimate of drug-likeness (QED) is 0.734. The Morgan fingerprint density at radius 2 is 1.94 bits per heavy atom. The molecule has 2 aromatic rings. The predicted molar refractivity (Wildman–Crippen MR) is 66.3 cm³/mol. The molecule has 0 radical (unpaired) electrons. The average molecular weight is 246 g/mol. The van der Waals surface area contributed by atoms with Crippen molar-refractivity contribution in [2.75, 3.05) is 0 Å². The molecule has 0 aliphatic carbocycles. The van der Waals surface area contributed by atoms with Crippen LogP contribution in [0.15, 0.2) is 36.4 Å². The van der Waals surface area contributed by atoms with E-state index in [1.165, 1.54) is 12.1 Å². The van der Waals surface area contributed by atoms with Gasteiger partial charge in [0, 0.05) is 0 Å². The minimum atomic E-state index is -0.453. The van der Waals surface area contributed by atoms with Crippen LogP contribution < -0.4 is 0 Å². The highest BCUT2D eigenvalue weighted by atomic mass is 35.5. The summed E-state index contributed by atoms with van der Waals surface area (Å²) in [7, 11) is 0.